The number of fused-ring (bicyclic) bond motifs is 2. The zero-order chi connectivity index (χ0) is 22.8. The molecule has 0 bridgehead atoms. The normalized spacial score (nSPS) is 17.1. The van der Waals surface area contributed by atoms with E-state index in [9.17, 15) is 4.79 Å². The maximum absolute atomic E-state index is 13.3. The second-order valence-electron chi connectivity index (χ2n) is 9.31. The molecule has 2 amide bonds. The number of hydrogen-bond acceptors (Lipinski definition) is 3. The molecule has 1 fully saturated rings. The fourth-order valence-electron chi connectivity index (χ4n) is 5.24. The molecule has 1 saturated heterocycles. The van der Waals surface area contributed by atoms with Crippen LogP contribution < -0.4 is 15.0 Å². The van der Waals surface area contributed by atoms with Gasteiger partial charge in [0.15, 0.2) is 0 Å². The van der Waals surface area contributed by atoms with Crippen molar-refractivity contribution in [1.82, 2.24) is 4.90 Å². The third-order valence-corrected chi connectivity index (χ3v) is 7.12. The minimum atomic E-state index is -0.0751. The first-order valence-electron chi connectivity index (χ1n) is 11.7. The molecule has 5 rings (SSSR count). The molecule has 2 aliphatic heterocycles. The summed E-state index contributed by atoms with van der Waals surface area (Å²) >= 11 is 0. The Morgan fingerprint density at radius 3 is 2.42 bits per heavy atom. The highest BCUT2D eigenvalue weighted by atomic mass is 16.5. The molecule has 0 unspecified atom stereocenters. The highest BCUT2D eigenvalue weighted by Gasteiger charge is 2.46. The summed E-state index contributed by atoms with van der Waals surface area (Å²) in [5.41, 5.74) is 5.77. The van der Waals surface area contributed by atoms with Crippen molar-refractivity contribution in [2.45, 2.75) is 31.7 Å². The van der Waals surface area contributed by atoms with Gasteiger partial charge in [0.1, 0.15) is 5.75 Å². The largest absolute Gasteiger partial charge is 0.497 e. The Kier molecular flexibility index (Phi) is 5.81. The molecule has 0 aliphatic carbocycles. The Morgan fingerprint density at radius 2 is 1.73 bits per heavy atom. The number of likely N-dealkylation sites (tertiary alicyclic amines) is 1. The number of piperidine rings is 1. The van der Waals surface area contributed by atoms with Crippen LogP contribution in [-0.4, -0.2) is 37.7 Å². The first-order chi connectivity index (χ1) is 16.1. The lowest BCUT2D eigenvalue weighted by molar-refractivity contribution is 0.160. The average Bonchev–Trinajstić information content (AvgIpc) is 3.15. The maximum atomic E-state index is 13.3. The number of aryl methyl sites for hydroxylation is 1. The number of ether oxygens (including phenoxy) is 1. The molecule has 1 N–H and O–H groups in total. The molecule has 1 spiro atoms. The third kappa shape index (κ3) is 4.33. The van der Waals surface area contributed by atoms with Crippen molar-refractivity contribution in [3.8, 4) is 5.75 Å². The van der Waals surface area contributed by atoms with E-state index in [1.165, 1.54) is 16.7 Å². The van der Waals surface area contributed by atoms with Crippen molar-refractivity contribution in [2.24, 2.45) is 0 Å². The molecule has 5 heteroatoms. The summed E-state index contributed by atoms with van der Waals surface area (Å²) in [7, 11) is 1.64. The predicted molar refractivity (Wildman–Crippen MR) is 133 cm³/mol. The standard InChI is InChI=1S/C28H31N3O2/c1-21-8-13-26-25(18-21)28(14-16-30(17-15-28)19-22-6-4-3-5-7-22)20-31(26)27(32)29-23-9-11-24(33-2)12-10-23/h3-13,18H,14-17,19-20H2,1-2H3,(H,29,32). The fourth-order valence-corrected chi connectivity index (χ4v) is 5.24. The zero-order valence-corrected chi connectivity index (χ0v) is 19.4. The molecule has 170 valence electrons. The summed E-state index contributed by atoms with van der Waals surface area (Å²) in [5.74, 6) is 0.774. The topological polar surface area (TPSA) is 44.8 Å². The van der Waals surface area contributed by atoms with Crippen LogP contribution in [0.15, 0.2) is 72.8 Å². The van der Waals surface area contributed by atoms with Gasteiger partial charge in [0, 0.05) is 29.9 Å². The van der Waals surface area contributed by atoms with Crippen LogP contribution in [0.25, 0.3) is 0 Å². The number of urea groups is 1. The van der Waals surface area contributed by atoms with Crippen molar-refractivity contribution in [3.05, 3.63) is 89.5 Å². The van der Waals surface area contributed by atoms with Gasteiger partial charge >= 0.3 is 6.03 Å². The van der Waals surface area contributed by atoms with Crippen molar-refractivity contribution in [2.75, 3.05) is 37.0 Å². The minimum absolute atomic E-state index is 0.0196. The Balaban J connectivity index is 1.33. The summed E-state index contributed by atoms with van der Waals surface area (Å²) in [5, 5.41) is 3.08. The lowest BCUT2D eigenvalue weighted by Gasteiger charge is -2.40. The molecular weight excluding hydrogens is 410 g/mol. The van der Waals surface area contributed by atoms with Gasteiger partial charge in [-0.15, -0.1) is 0 Å². The van der Waals surface area contributed by atoms with Gasteiger partial charge in [-0.3, -0.25) is 9.80 Å². The highest BCUT2D eigenvalue weighted by Crippen LogP contribution is 2.47. The van der Waals surface area contributed by atoms with Crippen LogP contribution in [0, 0.1) is 6.92 Å². The molecule has 33 heavy (non-hydrogen) atoms. The number of hydrogen-bond donors (Lipinski definition) is 1. The number of nitrogens with zero attached hydrogens (tertiary/aromatic N) is 2. The lowest BCUT2D eigenvalue weighted by Crippen LogP contribution is -2.46. The maximum Gasteiger partial charge on any atom is 0.326 e. The van der Waals surface area contributed by atoms with Crippen LogP contribution in [0.1, 0.15) is 29.5 Å². The molecule has 0 saturated carbocycles. The van der Waals surface area contributed by atoms with Gasteiger partial charge < -0.3 is 10.1 Å². The molecular formula is C28H31N3O2. The van der Waals surface area contributed by atoms with Gasteiger partial charge in [-0.1, -0.05) is 48.0 Å². The van der Waals surface area contributed by atoms with Crippen molar-refractivity contribution in [3.63, 3.8) is 0 Å². The van der Waals surface area contributed by atoms with Gasteiger partial charge in [-0.25, -0.2) is 4.79 Å². The Morgan fingerprint density at radius 1 is 1.00 bits per heavy atom. The SMILES string of the molecule is COc1ccc(NC(=O)N2CC3(CCN(Cc4ccccc4)CC3)c3cc(C)ccc32)cc1. The van der Waals surface area contributed by atoms with Crippen LogP contribution >= 0.6 is 0 Å². The number of amides is 2. The quantitative estimate of drug-likeness (QED) is 0.574. The number of anilines is 2. The Bertz CT molecular complexity index is 1120. The number of methoxy groups -OCH3 is 1. The van der Waals surface area contributed by atoms with Gasteiger partial charge in [0.2, 0.25) is 0 Å². The molecule has 3 aromatic carbocycles. The van der Waals surface area contributed by atoms with Crippen LogP contribution in [-0.2, 0) is 12.0 Å². The van der Waals surface area contributed by atoms with Crippen LogP contribution in [0.2, 0.25) is 0 Å². The summed E-state index contributed by atoms with van der Waals surface area (Å²) in [6.45, 7) is 5.93. The number of carbonyl (C=O) groups is 1. The second kappa shape index (κ2) is 8.91. The minimum Gasteiger partial charge on any atom is -0.497 e. The highest BCUT2D eigenvalue weighted by molar-refractivity contribution is 6.03. The van der Waals surface area contributed by atoms with Crippen LogP contribution in [0.3, 0.4) is 0 Å². The van der Waals surface area contributed by atoms with Gasteiger partial charge in [0.25, 0.3) is 0 Å². The summed E-state index contributed by atoms with van der Waals surface area (Å²) in [6, 6.07) is 24.6. The summed E-state index contributed by atoms with van der Waals surface area (Å²) in [4.78, 5) is 17.8. The number of benzene rings is 3. The van der Waals surface area contributed by atoms with Crippen LogP contribution in [0.5, 0.6) is 5.75 Å². The van der Waals surface area contributed by atoms with E-state index in [1.54, 1.807) is 7.11 Å². The van der Waals surface area contributed by atoms with E-state index in [4.69, 9.17) is 4.74 Å². The molecule has 3 aromatic rings. The van der Waals surface area contributed by atoms with E-state index in [-0.39, 0.29) is 11.4 Å². The van der Waals surface area contributed by atoms with Gasteiger partial charge in [-0.05, 0) is 74.3 Å². The molecule has 2 aliphatic rings. The molecule has 2 heterocycles. The van der Waals surface area contributed by atoms with Gasteiger partial charge in [0.05, 0.1) is 7.11 Å². The van der Waals surface area contributed by atoms with Crippen LogP contribution in [0.4, 0.5) is 16.2 Å². The first-order valence-corrected chi connectivity index (χ1v) is 11.7. The molecule has 0 aromatic heterocycles. The number of carbonyl (C=O) groups excluding carboxylic acids is 1. The smallest absolute Gasteiger partial charge is 0.326 e. The second-order valence-corrected chi connectivity index (χ2v) is 9.31. The Labute approximate surface area is 196 Å². The number of rotatable bonds is 4. The van der Waals surface area contributed by atoms with Crippen molar-refractivity contribution < 1.29 is 9.53 Å². The lowest BCUT2D eigenvalue weighted by atomic mass is 9.74. The molecule has 0 atom stereocenters. The van der Waals surface area contributed by atoms with E-state index in [1.807, 2.05) is 29.2 Å². The summed E-state index contributed by atoms with van der Waals surface area (Å²) < 4.78 is 5.23. The van der Waals surface area contributed by atoms with Crippen molar-refractivity contribution in [1.29, 1.82) is 0 Å². The van der Waals surface area contributed by atoms with E-state index in [0.29, 0.717) is 0 Å². The summed E-state index contributed by atoms with van der Waals surface area (Å²) in [6.07, 6.45) is 2.12. The average molecular weight is 442 g/mol. The number of nitrogens with one attached hydrogen (secondary N) is 1. The van der Waals surface area contributed by atoms with Gasteiger partial charge in [-0.2, -0.15) is 0 Å². The third-order valence-electron chi connectivity index (χ3n) is 7.12. The van der Waals surface area contributed by atoms with E-state index >= 15 is 0 Å². The predicted octanol–water partition coefficient (Wildman–Crippen LogP) is 5.59. The van der Waals surface area contributed by atoms with E-state index < -0.39 is 0 Å². The zero-order valence-electron chi connectivity index (χ0n) is 19.4. The molecule has 0 radical (unpaired) electrons. The molecule has 5 nitrogen and oxygen atoms in total. The van der Waals surface area contributed by atoms with Crippen molar-refractivity contribution >= 4 is 17.4 Å². The van der Waals surface area contributed by atoms with E-state index in [2.05, 4.69) is 65.7 Å². The Hall–Kier alpha value is -3.31. The fraction of sp³-hybridized carbons (Fsp3) is 0.321. The monoisotopic (exact) mass is 441 g/mol. The first kappa shape index (κ1) is 21.5. The van der Waals surface area contributed by atoms with E-state index in [0.717, 1.165) is 56.1 Å².